The number of benzene rings is 1. The van der Waals surface area contributed by atoms with Gasteiger partial charge in [-0.25, -0.2) is 0 Å². The minimum atomic E-state index is 0.810. The molecule has 0 aliphatic carbocycles. The van der Waals surface area contributed by atoms with Gasteiger partial charge in [0, 0.05) is 11.6 Å². The van der Waals surface area contributed by atoms with Crippen LogP contribution in [0.5, 0.6) is 11.5 Å². The Morgan fingerprint density at radius 1 is 1.15 bits per heavy atom. The van der Waals surface area contributed by atoms with Crippen LogP contribution in [0.15, 0.2) is 24.3 Å². The van der Waals surface area contributed by atoms with E-state index < -0.39 is 0 Å². The van der Waals surface area contributed by atoms with Gasteiger partial charge >= 0.3 is 0 Å². The molecule has 0 radical (unpaired) electrons. The van der Waals surface area contributed by atoms with E-state index in [1.807, 2.05) is 37.3 Å². The lowest BCUT2D eigenvalue weighted by Gasteiger charge is -2.06. The Kier molecular flexibility index (Phi) is 3.38. The van der Waals surface area contributed by atoms with Crippen LogP contribution in [0.3, 0.4) is 0 Å². The van der Waals surface area contributed by atoms with E-state index in [0.29, 0.717) is 0 Å². The molecule has 1 aromatic rings. The van der Waals surface area contributed by atoms with E-state index in [0.717, 1.165) is 17.1 Å². The number of hydrogen-bond acceptors (Lipinski definition) is 2. The van der Waals surface area contributed by atoms with Crippen LogP contribution >= 0.6 is 0 Å². The molecular formula is C11H14O2. The number of methoxy groups -OCH3 is 2. The van der Waals surface area contributed by atoms with E-state index in [1.54, 1.807) is 14.2 Å². The normalized spacial score (nSPS) is 10.4. The van der Waals surface area contributed by atoms with Crippen LogP contribution in [0.2, 0.25) is 0 Å². The van der Waals surface area contributed by atoms with Crippen molar-refractivity contribution >= 4 is 6.08 Å². The Bertz CT molecular complexity index is 303. The maximum absolute atomic E-state index is 5.21. The smallest absolute Gasteiger partial charge is 0.129 e. The van der Waals surface area contributed by atoms with Gasteiger partial charge in [0.15, 0.2) is 0 Å². The van der Waals surface area contributed by atoms with Crippen molar-refractivity contribution in [2.75, 3.05) is 14.2 Å². The molecule has 0 spiro atoms. The van der Waals surface area contributed by atoms with Crippen molar-refractivity contribution in [3.05, 3.63) is 29.8 Å². The van der Waals surface area contributed by atoms with E-state index in [9.17, 15) is 0 Å². The summed E-state index contributed by atoms with van der Waals surface area (Å²) in [6.45, 7) is 1.98. The van der Waals surface area contributed by atoms with Crippen LogP contribution in [0, 0.1) is 0 Å². The summed E-state index contributed by atoms with van der Waals surface area (Å²) < 4.78 is 10.3. The van der Waals surface area contributed by atoms with Gasteiger partial charge in [-0.05, 0) is 19.1 Å². The van der Waals surface area contributed by atoms with Crippen molar-refractivity contribution in [1.29, 1.82) is 0 Å². The van der Waals surface area contributed by atoms with Gasteiger partial charge in [-0.2, -0.15) is 0 Å². The minimum absolute atomic E-state index is 0.810. The molecule has 0 aliphatic heterocycles. The van der Waals surface area contributed by atoms with Gasteiger partial charge in [-0.1, -0.05) is 12.2 Å². The van der Waals surface area contributed by atoms with Crippen LogP contribution in [-0.2, 0) is 0 Å². The zero-order valence-corrected chi connectivity index (χ0v) is 8.20. The Morgan fingerprint density at radius 2 is 1.92 bits per heavy atom. The van der Waals surface area contributed by atoms with Crippen LogP contribution < -0.4 is 9.47 Å². The summed E-state index contributed by atoms with van der Waals surface area (Å²) in [5.41, 5.74) is 1.06. The third-order valence-electron chi connectivity index (χ3n) is 1.79. The topological polar surface area (TPSA) is 18.5 Å². The maximum atomic E-state index is 5.21. The first kappa shape index (κ1) is 9.65. The Morgan fingerprint density at radius 3 is 2.46 bits per heavy atom. The maximum Gasteiger partial charge on any atom is 0.129 e. The molecule has 0 heterocycles. The first-order valence-electron chi connectivity index (χ1n) is 4.16. The van der Waals surface area contributed by atoms with Crippen molar-refractivity contribution in [1.82, 2.24) is 0 Å². The van der Waals surface area contributed by atoms with Crippen LogP contribution in [0.1, 0.15) is 12.5 Å². The number of hydrogen-bond donors (Lipinski definition) is 0. The molecule has 0 amide bonds. The van der Waals surface area contributed by atoms with Crippen molar-refractivity contribution in [2.24, 2.45) is 0 Å². The lowest BCUT2D eigenvalue weighted by molar-refractivity contribution is 0.394. The van der Waals surface area contributed by atoms with Crippen LogP contribution in [-0.4, -0.2) is 14.2 Å². The van der Waals surface area contributed by atoms with Crippen molar-refractivity contribution in [2.45, 2.75) is 6.92 Å². The van der Waals surface area contributed by atoms with E-state index in [4.69, 9.17) is 9.47 Å². The van der Waals surface area contributed by atoms with Crippen molar-refractivity contribution in [3.8, 4) is 11.5 Å². The minimum Gasteiger partial charge on any atom is -0.497 e. The molecule has 2 nitrogen and oxygen atoms in total. The molecule has 1 rings (SSSR count). The monoisotopic (exact) mass is 178 g/mol. The predicted molar refractivity (Wildman–Crippen MR) is 54.3 cm³/mol. The largest absolute Gasteiger partial charge is 0.497 e. The number of rotatable bonds is 3. The van der Waals surface area contributed by atoms with Gasteiger partial charge in [0.2, 0.25) is 0 Å². The molecule has 13 heavy (non-hydrogen) atoms. The summed E-state index contributed by atoms with van der Waals surface area (Å²) in [6.07, 6.45) is 3.97. The highest BCUT2D eigenvalue weighted by Gasteiger charge is 2.00. The quantitative estimate of drug-likeness (QED) is 0.708. The fourth-order valence-electron chi connectivity index (χ4n) is 1.14. The Labute approximate surface area is 78.8 Å². The molecule has 0 atom stereocenters. The second kappa shape index (κ2) is 4.55. The van der Waals surface area contributed by atoms with Gasteiger partial charge < -0.3 is 9.47 Å². The first-order chi connectivity index (χ1) is 6.31. The lowest BCUT2D eigenvalue weighted by atomic mass is 10.2. The molecule has 0 aromatic heterocycles. The summed E-state index contributed by atoms with van der Waals surface area (Å²) in [7, 11) is 3.30. The van der Waals surface area contributed by atoms with E-state index >= 15 is 0 Å². The third kappa shape index (κ3) is 2.25. The summed E-state index contributed by atoms with van der Waals surface area (Å²) in [5, 5.41) is 0. The van der Waals surface area contributed by atoms with Gasteiger partial charge in [0.05, 0.1) is 14.2 Å². The molecule has 70 valence electrons. The highest BCUT2D eigenvalue weighted by atomic mass is 16.5. The second-order valence-electron chi connectivity index (χ2n) is 2.61. The molecular weight excluding hydrogens is 164 g/mol. The fourth-order valence-corrected chi connectivity index (χ4v) is 1.14. The first-order valence-corrected chi connectivity index (χ1v) is 4.16. The fraction of sp³-hybridized carbons (Fsp3) is 0.273. The molecule has 2 heteroatoms. The zero-order chi connectivity index (χ0) is 9.68. The highest BCUT2D eigenvalue weighted by Crippen LogP contribution is 2.25. The average molecular weight is 178 g/mol. The Hall–Kier alpha value is -1.44. The van der Waals surface area contributed by atoms with Gasteiger partial charge in [-0.3, -0.25) is 0 Å². The van der Waals surface area contributed by atoms with Crippen LogP contribution in [0.4, 0.5) is 0 Å². The van der Waals surface area contributed by atoms with E-state index in [2.05, 4.69) is 0 Å². The summed E-state index contributed by atoms with van der Waals surface area (Å²) in [4.78, 5) is 0. The van der Waals surface area contributed by atoms with E-state index in [-0.39, 0.29) is 0 Å². The van der Waals surface area contributed by atoms with Crippen molar-refractivity contribution < 1.29 is 9.47 Å². The summed E-state index contributed by atoms with van der Waals surface area (Å²) in [6, 6.07) is 5.75. The molecule has 0 N–H and O–H groups in total. The SMILES string of the molecule is C/C=C/c1ccc(OC)cc1OC. The lowest BCUT2D eigenvalue weighted by Crippen LogP contribution is -1.89. The molecule has 0 saturated carbocycles. The van der Waals surface area contributed by atoms with E-state index in [1.165, 1.54) is 0 Å². The van der Waals surface area contributed by atoms with Gasteiger partial charge in [0.25, 0.3) is 0 Å². The third-order valence-corrected chi connectivity index (χ3v) is 1.79. The number of allylic oxidation sites excluding steroid dienone is 1. The number of ether oxygens (including phenoxy) is 2. The molecule has 0 unspecified atom stereocenters. The average Bonchev–Trinajstić information content (AvgIpc) is 2.19. The van der Waals surface area contributed by atoms with Crippen LogP contribution in [0.25, 0.3) is 6.08 Å². The molecule has 0 bridgehead atoms. The standard InChI is InChI=1S/C11H14O2/c1-4-5-9-6-7-10(12-2)8-11(9)13-3/h4-8H,1-3H3/b5-4+. The summed E-state index contributed by atoms with van der Waals surface area (Å²) >= 11 is 0. The highest BCUT2D eigenvalue weighted by molar-refractivity contribution is 5.58. The molecule has 0 fully saturated rings. The van der Waals surface area contributed by atoms with Gasteiger partial charge in [-0.15, -0.1) is 0 Å². The molecule has 0 saturated heterocycles. The zero-order valence-electron chi connectivity index (χ0n) is 8.20. The van der Waals surface area contributed by atoms with Gasteiger partial charge in [0.1, 0.15) is 11.5 Å². The molecule has 0 aliphatic rings. The van der Waals surface area contributed by atoms with Crippen molar-refractivity contribution in [3.63, 3.8) is 0 Å². The summed E-state index contributed by atoms with van der Waals surface area (Å²) in [5.74, 6) is 1.64. The Balaban J connectivity index is 3.07. The predicted octanol–water partition coefficient (Wildman–Crippen LogP) is 2.74. The molecule has 1 aromatic carbocycles. The second-order valence-corrected chi connectivity index (χ2v) is 2.61.